The zero-order valence-corrected chi connectivity index (χ0v) is 11.7. The fraction of sp³-hybridized carbons (Fsp3) is 0.0667. The van der Waals surface area contributed by atoms with Gasteiger partial charge in [-0.3, -0.25) is 4.40 Å². The van der Waals surface area contributed by atoms with Crippen LogP contribution >= 0.6 is 11.3 Å². The number of carboxylic acids is 1. The van der Waals surface area contributed by atoms with Gasteiger partial charge in [0.15, 0.2) is 4.96 Å². The van der Waals surface area contributed by atoms with Crippen molar-refractivity contribution >= 4 is 33.2 Å². The van der Waals surface area contributed by atoms with Gasteiger partial charge < -0.3 is 9.67 Å². The quantitative estimate of drug-likeness (QED) is 0.632. The summed E-state index contributed by atoms with van der Waals surface area (Å²) in [7, 11) is 0. The summed E-state index contributed by atoms with van der Waals surface area (Å²) in [5, 5.41) is 12.3. The van der Waals surface area contributed by atoms with Crippen LogP contribution in [0.4, 0.5) is 0 Å². The number of fused-ring (bicyclic) bond motifs is 2. The van der Waals surface area contributed by atoms with Crippen molar-refractivity contribution in [3.63, 3.8) is 0 Å². The Hall–Kier alpha value is -2.60. The van der Waals surface area contributed by atoms with Gasteiger partial charge in [0.05, 0.1) is 12.2 Å². The summed E-state index contributed by atoms with van der Waals surface area (Å²) in [4.78, 5) is 16.9. The van der Waals surface area contributed by atoms with Crippen LogP contribution in [0.2, 0.25) is 0 Å². The van der Waals surface area contributed by atoms with Crippen LogP contribution in [0, 0.1) is 0 Å². The molecule has 0 aliphatic carbocycles. The number of hydrogen-bond acceptors (Lipinski definition) is 3. The fourth-order valence-corrected chi connectivity index (χ4v) is 3.29. The molecule has 1 N–H and O–H groups in total. The van der Waals surface area contributed by atoms with Gasteiger partial charge in [0.2, 0.25) is 0 Å². The van der Waals surface area contributed by atoms with E-state index in [2.05, 4.69) is 4.98 Å². The standard InChI is InChI=1S/C15H11N3O2S/c19-14(20)13-7-10-3-1-2-4-12(10)18(13)9-11-8-17-5-6-21-15(17)16-11/h1-8H,9H2,(H,19,20). The first-order chi connectivity index (χ1) is 10.2. The van der Waals surface area contributed by atoms with Crippen LogP contribution in [0.15, 0.2) is 48.1 Å². The van der Waals surface area contributed by atoms with E-state index in [0.29, 0.717) is 6.54 Å². The molecular weight excluding hydrogens is 286 g/mol. The third-order valence-electron chi connectivity index (χ3n) is 3.49. The van der Waals surface area contributed by atoms with Crippen LogP contribution < -0.4 is 0 Å². The molecule has 0 aliphatic rings. The molecule has 0 unspecified atom stereocenters. The molecule has 0 atom stereocenters. The van der Waals surface area contributed by atoms with Crippen LogP contribution in [0.1, 0.15) is 16.2 Å². The van der Waals surface area contributed by atoms with E-state index in [1.807, 2.05) is 46.4 Å². The zero-order chi connectivity index (χ0) is 14.4. The molecule has 104 valence electrons. The molecule has 5 nitrogen and oxygen atoms in total. The number of imidazole rings is 1. The molecule has 4 rings (SSSR count). The van der Waals surface area contributed by atoms with Crippen molar-refractivity contribution in [1.29, 1.82) is 0 Å². The highest BCUT2D eigenvalue weighted by Gasteiger charge is 2.15. The predicted octanol–water partition coefficient (Wildman–Crippen LogP) is 3.10. The van der Waals surface area contributed by atoms with Crippen LogP contribution in [0.5, 0.6) is 0 Å². The van der Waals surface area contributed by atoms with Gasteiger partial charge in [-0.15, -0.1) is 11.3 Å². The number of para-hydroxylation sites is 1. The summed E-state index contributed by atoms with van der Waals surface area (Å²) in [6.07, 6.45) is 3.88. The van der Waals surface area contributed by atoms with Crippen LogP contribution in [-0.4, -0.2) is 25.0 Å². The number of hydrogen-bond donors (Lipinski definition) is 1. The Labute approximate surface area is 123 Å². The Morgan fingerprint density at radius 2 is 2.19 bits per heavy atom. The van der Waals surface area contributed by atoms with Crippen molar-refractivity contribution in [3.05, 3.63) is 59.5 Å². The normalized spacial score (nSPS) is 11.4. The molecule has 0 saturated carbocycles. The SMILES string of the molecule is O=C(O)c1cc2ccccc2n1Cc1cn2ccsc2n1. The Balaban J connectivity index is 1.86. The Morgan fingerprint density at radius 1 is 1.33 bits per heavy atom. The second-order valence-electron chi connectivity index (χ2n) is 4.80. The lowest BCUT2D eigenvalue weighted by atomic mass is 10.2. The van der Waals surface area contributed by atoms with E-state index in [1.54, 1.807) is 22.0 Å². The highest BCUT2D eigenvalue weighted by molar-refractivity contribution is 7.15. The highest BCUT2D eigenvalue weighted by atomic mass is 32.1. The van der Waals surface area contributed by atoms with E-state index in [1.165, 1.54) is 0 Å². The van der Waals surface area contributed by atoms with Crippen molar-refractivity contribution in [2.24, 2.45) is 0 Å². The van der Waals surface area contributed by atoms with E-state index in [-0.39, 0.29) is 5.69 Å². The van der Waals surface area contributed by atoms with Gasteiger partial charge in [-0.2, -0.15) is 0 Å². The Kier molecular flexibility index (Phi) is 2.58. The van der Waals surface area contributed by atoms with Gasteiger partial charge in [-0.05, 0) is 12.1 Å². The fourth-order valence-electron chi connectivity index (χ4n) is 2.57. The van der Waals surface area contributed by atoms with Gasteiger partial charge >= 0.3 is 5.97 Å². The first-order valence-corrected chi connectivity index (χ1v) is 7.33. The zero-order valence-electron chi connectivity index (χ0n) is 10.9. The molecular formula is C15H11N3O2S. The number of rotatable bonds is 3. The largest absolute Gasteiger partial charge is 0.477 e. The number of nitrogens with zero attached hydrogens (tertiary/aromatic N) is 3. The van der Waals surface area contributed by atoms with Crippen molar-refractivity contribution < 1.29 is 9.90 Å². The summed E-state index contributed by atoms with van der Waals surface area (Å²) in [5.41, 5.74) is 2.05. The summed E-state index contributed by atoms with van der Waals surface area (Å²) < 4.78 is 3.75. The van der Waals surface area contributed by atoms with Crippen molar-refractivity contribution in [2.45, 2.75) is 6.54 Å². The number of benzene rings is 1. The minimum atomic E-state index is -0.924. The number of aromatic nitrogens is 3. The molecule has 21 heavy (non-hydrogen) atoms. The molecule has 0 radical (unpaired) electrons. The molecule has 0 spiro atoms. The van der Waals surface area contributed by atoms with Crippen molar-refractivity contribution in [2.75, 3.05) is 0 Å². The van der Waals surface area contributed by atoms with Gasteiger partial charge in [0.25, 0.3) is 0 Å². The molecule has 4 aromatic rings. The first kappa shape index (κ1) is 12.2. The monoisotopic (exact) mass is 297 g/mol. The Bertz CT molecular complexity index is 935. The average molecular weight is 297 g/mol. The van der Waals surface area contributed by atoms with Gasteiger partial charge in [-0.25, -0.2) is 9.78 Å². The highest BCUT2D eigenvalue weighted by Crippen LogP contribution is 2.22. The lowest BCUT2D eigenvalue weighted by Gasteiger charge is -2.06. The maximum absolute atomic E-state index is 11.5. The maximum Gasteiger partial charge on any atom is 0.352 e. The second-order valence-corrected chi connectivity index (χ2v) is 5.68. The number of carbonyl (C=O) groups is 1. The van der Waals surface area contributed by atoms with E-state index < -0.39 is 5.97 Å². The van der Waals surface area contributed by atoms with Crippen LogP contribution in [0.25, 0.3) is 15.9 Å². The van der Waals surface area contributed by atoms with Crippen LogP contribution in [0.3, 0.4) is 0 Å². The van der Waals surface area contributed by atoms with Crippen molar-refractivity contribution in [1.82, 2.24) is 14.0 Å². The topological polar surface area (TPSA) is 59.5 Å². The first-order valence-electron chi connectivity index (χ1n) is 6.45. The molecule has 0 aliphatic heterocycles. The molecule has 0 saturated heterocycles. The summed E-state index contributed by atoms with van der Waals surface area (Å²) in [5.74, 6) is -0.924. The lowest BCUT2D eigenvalue weighted by molar-refractivity contribution is 0.0686. The predicted molar refractivity (Wildman–Crippen MR) is 81.1 cm³/mol. The van der Waals surface area contributed by atoms with E-state index in [0.717, 1.165) is 21.6 Å². The molecule has 3 heterocycles. The maximum atomic E-state index is 11.5. The Morgan fingerprint density at radius 3 is 3.00 bits per heavy atom. The van der Waals surface area contributed by atoms with Gasteiger partial charge in [-0.1, -0.05) is 18.2 Å². The smallest absolute Gasteiger partial charge is 0.352 e. The number of thiazole rings is 1. The summed E-state index contributed by atoms with van der Waals surface area (Å²) >= 11 is 1.56. The minimum absolute atomic E-state index is 0.285. The molecule has 0 bridgehead atoms. The molecule has 3 aromatic heterocycles. The average Bonchev–Trinajstić information content (AvgIpc) is 3.12. The van der Waals surface area contributed by atoms with Crippen molar-refractivity contribution in [3.8, 4) is 0 Å². The third-order valence-corrected chi connectivity index (χ3v) is 4.26. The van der Waals surface area contributed by atoms with Gasteiger partial charge in [0, 0.05) is 28.7 Å². The van der Waals surface area contributed by atoms with E-state index in [9.17, 15) is 9.90 Å². The number of carboxylic acid groups (broad SMARTS) is 1. The third kappa shape index (κ3) is 1.92. The van der Waals surface area contributed by atoms with E-state index >= 15 is 0 Å². The molecule has 0 amide bonds. The number of aromatic carboxylic acids is 1. The minimum Gasteiger partial charge on any atom is -0.477 e. The lowest BCUT2D eigenvalue weighted by Crippen LogP contribution is -2.09. The summed E-state index contributed by atoms with van der Waals surface area (Å²) in [6, 6.07) is 9.38. The van der Waals surface area contributed by atoms with E-state index in [4.69, 9.17) is 0 Å². The molecule has 0 fully saturated rings. The van der Waals surface area contributed by atoms with Gasteiger partial charge in [0.1, 0.15) is 5.69 Å². The molecule has 6 heteroatoms. The molecule has 1 aromatic carbocycles. The van der Waals surface area contributed by atoms with Crippen LogP contribution in [-0.2, 0) is 6.54 Å². The second kappa shape index (κ2) is 4.46. The summed E-state index contributed by atoms with van der Waals surface area (Å²) in [6.45, 7) is 0.448.